The minimum absolute atomic E-state index is 0.152. The highest BCUT2D eigenvalue weighted by molar-refractivity contribution is 5.34. The molecule has 0 amide bonds. The molecule has 1 saturated carbocycles. The van der Waals surface area contributed by atoms with Gasteiger partial charge in [-0.05, 0) is 54.2 Å². The molecule has 0 spiro atoms. The van der Waals surface area contributed by atoms with Gasteiger partial charge >= 0.3 is 0 Å². The second-order valence-electron chi connectivity index (χ2n) is 9.09. The molecule has 0 aromatic heterocycles. The monoisotopic (exact) mass is 342 g/mol. The zero-order valence-corrected chi connectivity index (χ0v) is 15.9. The van der Waals surface area contributed by atoms with Gasteiger partial charge in [-0.2, -0.15) is 0 Å². The summed E-state index contributed by atoms with van der Waals surface area (Å²) in [7, 11) is 0. The van der Waals surface area contributed by atoms with Crippen molar-refractivity contribution in [3.8, 4) is 5.75 Å². The van der Waals surface area contributed by atoms with Crippen molar-refractivity contribution in [3.63, 3.8) is 0 Å². The van der Waals surface area contributed by atoms with Crippen LogP contribution in [0.15, 0.2) is 24.3 Å². The van der Waals surface area contributed by atoms with E-state index < -0.39 is 0 Å². The molecule has 3 heteroatoms. The van der Waals surface area contributed by atoms with Gasteiger partial charge < -0.3 is 10.4 Å². The lowest BCUT2D eigenvalue weighted by Crippen LogP contribution is -2.64. The van der Waals surface area contributed by atoms with Crippen LogP contribution < -0.4 is 5.32 Å². The van der Waals surface area contributed by atoms with E-state index in [9.17, 15) is 5.11 Å². The van der Waals surface area contributed by atoms with Crippen molar-refractivity contribution in [2.75, 3.05) is 19.6 Å². The number of rotatable bonds is 2. The Labute approximate surface area is 152 Å². The molecule has 0 bridgehead atoms. The Morgan fingerprint density at radius 2 is 1.96 bits per heavy atom. The summed E-state index contributed by atoms with van der Waals surface area (Å²) in [5, 5.41) is 13.8. The quantitative estimate of drug-likeness (QED) is 0.855. The molecule has 25 heavy (non-hydrogen) atoms. The molecule has 3 nitrogen and oxygen atoms in total. The fraction of sp³-hybridized carbons (Fsp3) is 0.727. The molecule has 0 radical (unpaired) electrons. The predicted octanol–water partition coefficient (Wildman–Crippen LogP) is 3.91. The second kappa shape index (κ2) is 6.92. The van der Waals surface area contributed by atoms with Crippen LogP contribution in [0.25, 0.3) is 0 Å². The average Bonchev–Trinajstić information content (AvgIpc) is 2.63. The number of aromatic hydroxyl groups is 1. The molecule has 2 N–H and O–H groups in total. The third kappa shape index (κ3) is 3.33. The number of benzene rings is 1. The van der Waals surface area contributed by atoms with Crippen LogP contribution in [-0.4, -0.2) is 41.7 Å². The van der Waals surface area contributed by atoms with Gasteiger partial charge in [-0.25, -0.2) is 0 Å². The summed E-state index contributed by atoms with van der Waals surface area (Å²) in [5.74, 6) is 1.90. The molecule has 4 rings (SSSR count). The highest BCUT2D eigenvalue weighted by Crippen LogP contribution is 2.43. The average molecular weight is 343 g/mol. The van der Waals surface area contributed by atoms with Crippen LogP contribution in [0.3, 0.4) is 0 Å². The number of phenols is 1. The highest BCUT2D eigenvalue weighted by Gasteiger charge is 2.45. The molecule has 3 unspecified atom stereocenters. The van der Waals surface area contributed by atoms with Crippen LogP contribution in [0, 0.1) is 11.8 Å². The van der Waals surface area contributed by atoms with Gasteiger partial charge in [-0.15, -0.1) is 0 Å². The summed E-state index contributed by atoms with van der Waals surface area (Å²) >= 11 is 0. The Balaban J connectivity index is 1.47. The summed E-state index contributed by atoms with van der Waals surface area (Å²) in [6, 6.07) is 9.29. The summed E-state index contributed by atoms with van der Waals surface area (Å²) in [6.07, 6.45) is 8.33. The minimum Gasteiger partial charge on any atom is -0.508 e. The molecule has 2 aliphatic heterocycles. The first-order valence-corrected chi connectivity index (χ1v) is 10.3. The Bertz CT molecular complexity index is 597. The van der Waals surface area contributed by atoms with Gasteiger partial charge in [0.25, 0.3) is 0 Å². The van der Waals surface area contributed by atoms with E-state index in [4.69, 9.17) is 0 Å². The first kappa shape index (κ1) is 17.4. The fourth-order valence-corrected chi connectivity index (χ4v) is 5.67. The van der Waals surface area contributed by atoms with Crippen molar-refractivity contribution in [1.82, 2.24) is 10.2 Å². The maximum atomic E-state index is 9.93. The zero-order chi connectivity index (χ0) is 17.4. The van der Waals surface area contributed by atoms with Crippen LogP contribution in [0.4, 0.5) is 0 Å². The van der Waals surface area contributed by atoms with Crippen molar-refractivity contribution in [1.29, 1.82) is 0 Å². The van der Waals surface area contributed by atoms with Crippen LogP contribution >= 0.6 is 0 Å². The van der Waals surface area contributed by atoms with Crippen molar-refractivity contribution in [2.45, 2.75) is 69.9 Å². The van der Waals surface area contributed by atoms with Crippen molar-refractivity contribution < 1.29 is 5.11 Å². The van der Waals surface area contributed by atoms with E-state index in [1.165, 1.54) is 57.2 Å². The number of fused-ring (bicyclic) bond motifs is 1. The summed E-state index contributed by atoms with van der Waals surface area (Å²) in [5.41, 5.74) is 1.45. The molecule has 1 aliphatic carbocycles. The number of nitrogens with one attached hydrogen (secondary N) is 1. The SMILES string of the molecule is CC1CN2CC(C3CCCCC3)NCC2C[C@@]1(C)c1cccc(O)c1. The molecule has 1 aromatic rings. The van der Waals surface area contributed by atoms with E-state index >= 15 is 0 Å². The van der Waals surface area contributed by atoms with Gasteiger partial charge in [0.1, 0.15) is 5.75 Å². The number of piperidine rings is 1. The van der Waals surface area contributed by atoms with E-state index in [1.54, 1.807) is 6.07 Å². The maximum absolute atomic E-state index is 9.93. The Kier molecular flexibility index (Phi) is 4.81. The van der Waals surface area contributed by atoms with Gasteiger partial charge in [0, 0.05) is 31.7 Å². The van der Waals surface area contributed by atoms with Crippen LogP contribution in [0.2, 0.25) is 0 Å². The van der Waals surface area contributed by atoms with Gasteiger partial charge in [-0.3, -0.25) is 4.90 Å². The van der Waals surface area contributed by atoms with Crippen molar-refractivity contribution in [3.05, 3.63) is 29.8 Å². The molecule has 3 aliphatic rings. The molecule has 4 atom stereocenters. The number of hydrogen-bond acceptors (Lipinski definition) is 3. The molecular formula is C22H34N2O. The Hall–Kier alpha value is -1.06. The fourth-order valence-electron chi connectivity index (χ4n) is 5.67. The smallest absolute Gasteiger partial charge is 0.115 e. The van der Waals surface area contributed by atoms with E-state index in [2.05, 4.69) is 30.1 Å². The van der Waals surface area contributed by atoms with E-state index in [0.29, 0.717) is 23.8 Å². The standard InChI is InChI=1S/C22H34N2O/c1-16-14-24-15-21(17-7-4-3-5-8-17)23-13-19(24)12-22(16,2)18-9-6-10-20(25)11-18/h6,9-11,16-17,19,21,23,25H,3-5,7-8,12-15H2,1-2H3/t16?,19?,21?,22-/m1/s1. The predicted molar refractivity (Wildman–Crippen MR) is 103 cm³/mol. The lowest BCUT2D eigenvalue weighted by atomic mass is 9.65. The Morgan fingerprint density at radius 1 is 1.16 bits per heavy atom. The van der Waals surface area contributed by atoms with E-state index in [-0.39, 0.29) is 5.41 Å². The first-order chi connectivity index (χ1) is 12.1. The molecule has 138 valence electrons. The minimum atomic E-state index is 0.152. The summed E-state index contributed by atoms with van der Waals surface area (Å²) in [6.45, 7) is 8.34. The van der Waals surface area contributed by atoms with Crippen LogP contribution in [-0.2, 0) is 5.41 Å². The molecular weight excluding hydrogens is 308 g/mol. The molecule has 2 saturated heterocycles. The topological polar surface area (TPSA) is 35.5 Å². The zero-order valence-electron chi connectivity index (χ0n) is 15.9. The van der Waals surface area contributed by atoms with Gasteiger partial charge in [0.05, 0.1) is 0 Å². The van der Waals surface area contributed by atoms with Crippen LogP contribution in [0.5, 0.6) is 5.75 Å². The maximum Gasteiger partial charge on any atom is 0.115 e. The van der Waals surface area contributed by atoms with E-state index in [1.807, 2.05) is 12.1 Å². The van der Waals surface area contributed by atoms with Crippen molar-refractivity contribution in [2.24, 2.45) is 11.8 Å². The molecule has 3 fully saturated rings. The highest BCUT2D eigenvalue weighted by atomic mass is 16.3. The molecule has 1 aromatic carbocycles. The molecule has 2 heterocycles. The number of hydrogen-bond donors (Lipinski definition) is 2. The second-order valence-corrected chi connectivity index (χ2v) is 9.09. The normalized spacial score (nSPS) is 37.6. The lowest BCUT2D eigenvalue weighted by molar-refractivity contribution is 0.0117. The summed E-state index contributed by atoms with van der Waals surface area (Å²) < 4.78 is 0. The Morgan fingerprint density at radius 3 is 2.72 bits per heavy atom. The third-order valence-electron chi connectivity index (χ3n) is 7.54. The van der Waals surface area contributed by atoms with Gasteiger partial charge in [-0.1, -0.05) is 45.2 Å². The van der Waals surface area contributed by atoms with Crippen molar-refractivity contribution >= 4 is 0 Å². The number of piperazine rings is 1. The van der Waals surface area contributed by atoms with E-state index in [0.717, 1.165) is 12.5 Å². The number of nitrogens with zero attached hydrogens (tertiary/aromatic N) is 1. The summed E-state index contributed by atoms with van der Waals surface area (Å²) in [4.78, 5) is 2.77. The van der Waals surface area contributed by atoms with Gasteiger partial charge in [0.15, 0.2) is 0 Å². The third-order valence-corrected chi connectivity index (χ3v) is 7.54. The van der Waals surface area contributed by atoms with Crippen LogP contribution in [0.1, 0.15) is 57.9 Å². The first-order valence-electron chi connectivity index (χ1n) is 10.3. The largest absolute Gasteiger partial charge is 0.508 e. The lowest BCUT2D eigenvalue weighted by Gasteiger charge is -2.54. The number of phenolic OH excluding ortho intramolecular Hbond substituents is 1. The van der Waals surface area contributed by atoms with Gasteiger partial charge in [0.2, 0.25) is 0 Å².